The van der Waals surface area contributed by atoms with Crippen LogP contribution in [0.4, 0.5) is 4.79 Å². The third kappa shape index (κ3) is 3.66. The maximum Gasteiger partial charge on any atom is 0.404 e. The number of fused-ring (bicyclic) bond motifs is 1. The Morgan fingerprint density at radius 2 is 1.75 bits per heavy atom. The van der Waals surface area contributed by atoms with E-state index < -0.39 is 6.09 Å². The van der Waals surface area contributed by atoms with Gasteiger partial charge in [0.1, 0.15) is 5.15 Å². The normalized spacial score (nSPS) is 10.8. The minimum atomic E-state index is -1.04. The largest absolute Gasteiger partial charge is 0.465 e. The number of benzene rings is 2. The van der Waals surface area contributed by atoms with Crippen molar-refractivity contribution in [2.24, 2.45) is 0 Å². The van der Waals surface area contributed by atoms with E-state index in [1.807, 2.05) is 66.7 Å². The van der Waals surface area contributed by atoms with Gasteiger partial charge < -0.3 is 10.4 Å². The van der Waals surface area contributed by atoms with Crippen LogP contribution in [0.15, 0.2) is 72.9 Å². The van der Waals surface area contributed by atoms with Crippen molar-refractivity contribution in [3.8, 4) is 22.4 Å². The van der Waals surface area contributed by atoms with Crippen molar-refractivity contribution in [2.75, 3.05) is 0 Å². The van der Waals surface area contributed by atoms with Crippen LogP contribution < -0.4 is 5.32 Å². The molecule has 0 bridgehead atoms. The van der Waals surface area contributed by atoms with Gasteiger partial charge in [-0.05, 0) is 23.3 Å². The van der Waals surface area contributed by atoms with Gasteiger partial charge in [-0.25, -0.2) is 14.8 Å². The summed E-state index contributed by atoms with van der Waals surface area (Å²) in [6.07, 6.45) is 0.599. The van der Waals surface area contributed by atoms with Crippen molar-refractivity contribution in [1.29, 1.82) is 0 Å². The first kappa shape index (κ1) is 17.9. The molecule has 0 radical (unpaired) electrons. The SMILES string of the molecule is O=C(O)NCc1ccc(-c2nc3ccnc(Cl)c3cc2-c2ccccc2)cc1. The minimum absolute atomic E-state index is 0.258. The van der Waals surface area contributed by atoms with Gasteiger partial charge in [-0.3, -0.25) is 0 Å². The Labute approximate surface area is 166 Å². The van der Waals surface area contributed by atoms with Gasteiger partial charge in [-0.15, -0.1) is 0 Å². The molecule has 2 aromatic carbocycles. The van der Waals surface area contributed by atoms with Gasteiger partial charge in [0.2, 0.25) is 0 Å². The van der Waals surface area contributed by atoms with Crippen molar-refractivity contribution in [3.63, 3.8) is 0 Å². The summed E-state index contributed by atoms with van der Waals surface area (Å²) < 4.78 is 0. The van der Waals surface area contributed by atoms with E-state index in [9.17, 15) is 4.79 Å². The van der Waals surface area contributed by atoms with Crippen LogP contribution in [0.25, 0.3) is 33.3 Å². The van der Waals surface area contributed by atoms with Crippen molar-refractivity contribution in [1.82, 2.24) is 15.3 Å². The molecule has 6 heteroatoms. The predicted octanol–water partition coefficient (Wildman–Crippen LogP) is 5.38. The molecule has 138 valence electrons. The molecule has 4 aromatic rings. The van der Waals surface area contributed by atoms with Crippen LogP contribution in [0.5, 0.6) is 0 Å². The van der Waals surface area contributed by atoms with Gasteiger partial charge in [0.05, 0.1) is 11.2 Å². The Bertz CT molecular complexity index is 1150. The average molecular weight is 390 g/mol. The van der Waals surface area contributed by atoms with Gasteiger partial charge in [-0.1, -0.05) is 66.2 Å². The van der Waals surface area contributed by atoms with Gasteiger partial charge in [0, 0.05) is 29.3 Å². The smallest absolute Gasteiger partial charge is 0.404 e. The molecule has 2 heterocycles. The first-order valence-electron chi connectivity index (χ1n) is 8.68. The van der Waals surface area contributed by atoms with Gasteiger partial charge >= 0.3 is 6.09 Å². The van der Waals surface area contributed by atoms with Crippen LogP contribution in [-0.2, 0) is 6.54 Å². The maximum atomic E-state index is 10.7. The van der Waals surface area contributed by atoms with Gasteiger partial charge in [0.25, 0.3) is 0 Å². The number of amides is 1. The first-order chi connectivity index (χ1) is 13.6. The van der Waals surface area contributed by atoms with Crippen LogP contribution in [0.1, 0.15) is 5.56 Å². The number of nitrogens with zero attached hydrogens (tertiary/aromatic N) is 2. The first-order valence-corrected chi connectivity index (χ1v) is 9.06. The molecule has 2 N–H and O–H groups in total. The molecule has 0 fully saturated rings. The molecule has 1 amide bonds. The van der Waals surface area contributed by atoms with E-state index in [0.717, 1.165) is 38.9 Å². The van der Waals surface area contributed by atoms with Crippen molar-refractivity contribution < 1.29 is 9.90 Å². The summed E-state index contributed by atoms with van der Waals surface area (Å²) in [5.74, 6) is 0. The minimum Gasteiger partial charge on any atom is -0.465 e. The Balaban J connectivity index is 1.84. The van der Waals surface area contributed by atoms with E-state index in [-0.39, 0.29) is 6.54 Å². The van der Waals surface area contributed by atoms with E-state index >= 15 is 0 Å². The molecule has 0 aliphatic rings. The lowest BCUT2D eigenvalue weighted by Gasteiger charge is -2.12. The van der Waals surface area contributed by atoms with Crippen LogP contribution in [0, 0.1) is 0 Å². The van der Waals surface area contributed by atoms with E-state index in [4.69, 9.17) is 21.7 Å². The summed E-state index contributed by atoms with van der Waals surface area (Å²) in [4.78, 5) is 19.7. The Hall–Kier alpha value is -3.44. The molecule has 28 heavy (non-hydrogen) atoms. The zero-order valence-electron chi connectivity index (χ0n) is 14.8. The van der Waals surface area contributed by atoms with E-state index in [1.165, 1.54) is 0 Å². The zero-order chi connectivity index (χ0) is 19.5. The monoisotopic (exact) mass is 389 g/mol. The fourth-order valence-corrected chi connectivity index (χ4v) is 3.29. The number of rotatable bonds is 4. The lowest BCUT2D eigenvalue weighted by molar-refractivity contribution is 0.194. The summed E-state index contributed by atoms with van der Waals surface area (Å²) in [5.41, 5.74) is 5.40. The number of hydrogen-bond donors (Lipinski definition) is 2. The Morgan fingerprint density at radius 3 is 2.46 bits per heavy atom. The molecule has 0 spiro atoms. The fourth-order valence-electron chi connectivity index (χ4n) is 3.08. The highest BCUT2D eigenvalue weighted by molar-refractivity contribution is 6.34. The van der Waals surface area contributed by atoms with E-state index in [1.54, 1.807) is 6.20 Å². The molecule has 4 rings (SSSR count). The van der Waals surface area contributed by atoms with Crippen LogP contribution >= 0.6 is 11.6 Å². The molecule has 0 aliphatic heterocycles. The number of carbonyl (C=O) groups is 1. The molecule has 0 aliphatic carbocycles. The van der Waals surface area contributed by atoms with Gasteiger partial charge in [-0.2, -0.15) is 0 Å². The molecule has 0 saturated heterocycles. The number of carboxylic acid groups (broad SMARTS) is 1. The summed E-state index contributed by atoms with van der Waals surface area (Å²) in [6, 6.07) is 21.5. The average Bonchev–Trinajstić information content (AvgIpc) is 2.73. The topological polar surface area (TPSA) is 75.1 Å². The van der Waals surface area contributed by atoms with Crippen molar-refractivity contribution >= 4 is 28.6 Å². The summed E-state index contributed by atoms with van der Waals surface area (Å²) in [5, 5.41) is 12.3. The van der Waals surface area contributed by atoms with E-state index in [2.05, 4.69) is 10.3 Å². The molecule has 0 unspecified atom stereocenters. The predicted molar refractivity (Wildman–Crippen MR) is 110 cm³/mol. The second-order valence-corrected chi connectivity index (χ2v) is 6.63. The van der Waals surface area contributed by atoms with Crippen LogP contribution in [-0.4, -0.2) is 21.2 Å². The quantitative estimate of drug-likeness (QED) is 0.459. The Morgan fingerprint density at radius 1 is 1.00 bits per heavy atom. The van der Waals surface area contributed by atoms with Crippen LogP contribution in [0.2, 0.25) is 5.15 Å². The standard InChI is InChI=1S/C22H16ClN3O2/c23-21-18-12-17(15-4-2-1-3-5-15)20(26-19(18)10-11-24-21)16-8-6-14(7-9-16)13-25-22(27)28/h1-12,25H,13H2,(H,27,28). The maximum absolute atomic E-state index is 10.7. The van der Waals surface area contributed by atoms with Crippen LogP contribution in [0.3, 0.4) is 0 Å². The second-order valence-electron chi connectivity index (χ2n) is 6.27. The lowest BCUT2D eigenvalue weighted by Crippen LogP contribution is -2.19. The molecular formula is C22H16ClN3O2. The zero-order valence-corrected chi connectivity index (χ0v) is 15.5. The number of nitrogens with one attached hydrogen (secondary N) is 1. The summed E-state index contributed by atoms with van der Waals surface area (Å²) >= 11 is 6.29. The Kier molecular flexibility index (Phi) is 4.91. The van der Waals surface area contributed by atoms with Crippen molar-refractivity contribution in [2.45, 2.75) is 6.54 Å². The third-order valence-corrected chi connectivity index (χ3v) is 4.75. The summed E-state index contributed by atoms with van der Waals surface area (Å²) in [7, 11) is 0. The molecule has 0 atom stereocenters. The highest BCUT2D eigenvalue weighted by Crippen LogP contribution is 2.34. The number of halogens is 1. The third-order valence-electron chi connectivity index (χ3n) is 4.45. The van der Waals surface area contributed by atoms with Crippen molar-refractivity contribution in [3.05, 3.63) is 83.6 Å². The summed E-state index contributed by atoms with van der Waals surface area (Å²) in [6.45, 7) is 0.258. The van der Waals surface area contributed by atoms with E-state index in [0.29, 0.717) is 5.15 Å². The molecule has 2 aromatic heterocycles. The molecule has 5 nitrogen and oxygen atoms in total. The fraction of sp³-hybridized carbons (Fsp3) is 0.0455. The highest BCUT2D eigenvalue weighted by atomic mass is 35.5. The molecule has 0 saturated carbocycles. The number of aromatic nitrogens is 2. The number of hydrogen-bond acceptors (Lipinski definition) is 3. The highest BCUT2D eigenvalue weighted by Gasteiger charge is 2.13. The second kappa shape index (κ2) is 7.66. The molecular weight excluding hydrogens is 374 g/mol. The lowest BCUT2D eigenvalue weighted by atomic mass is 9.97. The van der Waals surface area contributed by atoms with Gasteiger partial charge in [0.15, 0.2) is 0 Å². The number of pyridine rings is 2.